The molecule has 66 valence electrons. The molecule has 2 heterocycles. The lowest BCUT2D eigenvalue weighted by atomic mass is 9.76. The zero-order chi connectivity index (χ0) is 8.77. The zero-order valence-electron chi connectivity index (χ0n) is 7.85. The van der Waals surface area contributed by atoms with E-state index in [1.54, 1.807) is 0 Å². The summed E-state index contributed by atoms with van der Waals surface area (Å²) in [6.07, 6.45) is 0. The molecule has 0 radical (unpaired) electrons. The highest BCUT2D eigenvalue weighted by Gasteiger charge is 2.40. The highest BCUT2D eigenvalue weighted by molar-refractivity contribution is 5.16. The standard InChI is InChI=1S/C10H15NO/c1-7-4-5-8(12-7)9-10(2,3)6-11-9/h4-5,9,11H,6H2,1-3H3. The quantitative estimate of drug-likeness (QED) is 0.690. The molecule has 1 aliphatic heterocycles. The van der Waals surface area contributed by atoms with Gasteiger partial charge in [0.05, 0.1) is 6.04 Å². The first-order chi connectivity index (χ1) is 5.59. The van der Waals surface area contributed by atoms with Crippen LogP contribution in [0, 0.1) is 12.3 Å². The van der Waals surface area contributed by atoms with Gasteiger partial charge in [-0.05, 0) is 24.5 Å². The number of rotatable bonds is 1. The van der Waals surface area contributed by atoms with Gasteiger partial charge in [-0.3, -0.25) is 0 Å². The lowest BCUT2D eigenvalue weighted by molar-refractivity contribution is 0.107. The van der Waals surface area contributed by atoms with Gasteiger partial charge < -0.3 is 9.73 Å². The van der Waals surface area contributed by atoms with E-state index in [0.717, 1.165) is 18.1 Å². The summed E-state index contributed by atoms with van der Waals surface area (Å²) in [4.78, 5) is 0. The molecule has 1 atom stereocenters. The van der Waals surface area contributed by atoms with E-state index >= 15 is 0 Å². The summed E-state index contributed by atoms with van der Waals surface area (Å²) < 4.78 is 5.56. The Bertz CT molecular complexity index is 288. The van der Waals surface area contributed by atoms with Gasteiger partial charge in [-0.1, -0.05) is 13.8 Å². The fraction of sp³-hybridized carbons (Fsp3) is 0.600. The van der Waals surface area contributed by atoms with E-state index < -0.39 is 0 Å². The van der Waals surface area contributed by atoms with Crippen molar-refractivity contribution in [3.8, 4) is 0 Å². The normalized spacial score (nSPS) is 26.8. The Labute approximate surface area is 73.0 Å². The van der Waals surface area contributed by atoms with Crippen molar-refractivity contribution in [2.24, 2.45) is 5.41 Å². The van der Waals surface area contributed by atoms with Crippen molar-refractivity contribution in [1.29, 1.82) is 0 Å². The average molecular weight is 165 g/mol. The first-order valence-electron chi connectivity index (χ1n) is 4.39. The summed E-state index contributed by atoms with van der Waals surface area (Å²) in [6.45, 7) is 7.57. The van der Waals surface area contributed by atoms with Gasteiger partial charge in [-0.15, -0.1) is 0 Å². The third-order valence-electron chi connectivity index (χ3n) is 2.59. The third-order valence-corrected chi connectivity index (χ3v) is 2.59. The second kappa shape index (κ2) is 2.36. The summed E-state index contributed by atoms with van der Waals surface area (Å²) in [7, 11) is 0. The van der Waals surface area contributed by atoms with Crippen LogP contribution < -0.4 is 5.32 Å². The zero-order valence-corrected chi connectivity index (χ0v) is 7.85. The third kappa shape index (κ3) is 1.07. The van der Waals surface area contributed by atoms with E-state index in [0.29, 0.717) is 11.5 Å². The van der Waals surface area contributed by atoms with Gasteiger partial charge >= 0.3 is 0 Å². The molecule has 0 saturated carbocycles. The monoisotopic (exact) mass is 165 g/mol. The molecule has 12 heavy (non-hydrogen) atoms. The number of nitrogens with one attached hydrogen (secondary N) is 1. The molecule has 1 aliphatic rings. The van der Waals surface area contributed by atoms with Crippen molar-refractivity contribution in [3.05, 3.63) is 23.7 Å². The molecular weight excluding hydrogens is 150 g/mol. The molecule has 0 aromatic carbocycles. The summed E-state index contributed by atoms with van der Waals surface area (Å²) in [6, 6.07) is 4.49. The minimum atomic E-state index is 0.351. The van der Waals surface area contributed by atoms with Crippen LogP contribution in [0.4, 0.5) is 0 Å². The number of hydrogen-bond donors (Lipinski definition) is 1. The molecule has 2 heteroatoms. The largest absolute Gasteiger partial charge is 0.465 e. The van der Waals surface area contributed by atoms with Crippen LogP contribution >= 0.6 is 0 Å². The van der Waals surface area contributed by atoms with E-state index in [9.17, 15) is 0 Å². The molecule has 1 aromatic heterocycles. The Morgan fingerprint density at radius 1 is 1.50 bits per heavy atom. The van der Waals surface area contributed by atoms with Crippen LogP contribution in [0.1, 0.15) is 31.4 Å². The van der Waals surface area contributed by atoms with Crippen LogP contribution in [0.3, 0.4) is 0 Å². The molecule has 1 saturated heterocycles. The van der Waals surface area contributed by atoms with Gasteiger partial charge in [-0.25, -0.2) is 0 Å². The second-order valence-electron chi connectivity index (χ2n) is 4.25. The number of hydrogen-bond acceptors (Lipinski definition) is 2. The van der Waals surface area contributed by atoms with E-state index in [1.165, 1.54) is 0 Å². The fourth-order valence-corrected chi connectivity index (χ4v) is 1.71. The van der Waals surface area contributed by atoms with Gasteiger partial charge in [0.2, 0.25) is 0 Å². The second-order valence-corrected chi connectivity index (χ2v) is 4.25. The SMILES string of the molecule is Cc1ccc(C2NCC2(C)C)o1. The van der Waals surface area contributed by atoms with Crippen LogP contribution in [0.25, 0.3) is 0 Å². The Morgan fingerprint density at radius 3 is 2.58 bits per heavy atom. The molecule has 1 unspecified atom stereocenters. The molecular formula is C10H15NO. The average Bonchev–Trinajstić information content (AvgIpc) is 2.34. The lowest BCUT2D eigenvalue weighted by Crippen LogP contribution is -2.52. The lowest BCUT2D eigenvalue weighted by Gasteiger charge is -2.44. The molecule has 2 rings (SSSR count). The maximum atomic E-state index is 5.56. The highest BCUT2D eigenvalue weighted by Crippen LogP contribution is 2.40. The van der Waals surface area contributed by atoms with Gasteiger partial charge in [0, 0.05) is 6.54 Å². The van der Waals surface area contributed by atoms with E-state index in [4.69, 9.17) is 4.42 Å². The maximum absolute atomic E-state index is 5.56. The van der Waals surface area contributed by atoms with Gasteiger partial charge in [0.25, 0.3) is 0 Å². The van der Waals surface area contributed by atoms with E-state index in [-0.39, 0.29) is 0 Å². The topological polar surface area (TPSA) is 25.2 Å². The molecule has 1 N–H and O–H groups in total. The van der Waals surface area contributed by atoms with Crippen LogP contribution in [0.15, 0.2) is 16.5 Å². The van der Waals surface area contributed by atoms with Gasteiger partial charge in [0.1, 0.15) is 11.5 Å². The molecule has 1 aromatic rings. The van der Waals surface area contributed by atoms with Crippen LogP contribution in [0.5, 0.6) is 0 Å². The van der Waals surface area contributed by atoms with Crippen molar-refractivity contribution >= 4 is 0 Å². The van der Waals surface area contributed by atoms with Crippen LogP contribution in [0.2, 0.25) is 0 Å². The summed E-state index contributed by atoms with van der Waals surface area (Å²) in [5, 5.41) is 3.37. The molecule has 0 aliphatic carbocycles. The molecule has 0 spiro atoms. The minimum Gasteiger partial charge on any atom is -0.465 e. The maximum Gasteiger partial charge on any atom is 0.121 e. The minimum absolute atomic E-state index is 0.351. The predicted octanol–water partition coefficient (Wildman–Crippen LogP) is 2.26. The van der Waals surface area contributed by atoms with Crippen LogP contribution in [-0.4, -0.2) is 6.54 Å². The number of furan rings is 1. The Morgan fingerprint density at radius 2 is 2.25 bits per heavy atom. The van der Waals surface area contributed by atoms with Crippen molar-refractivity contribution in [2.45, 2.75) is 26.8 Å². The first kappa shape index (κ1) is 7.87. The molecule has 0 amide bonds. The van der Waals surface area contributed by atoms with Crippen molar-refractivity contribution < 1.29 is 4.42 Å². The van der Waals surface area contributed by atoms with E-state index in [1.807, 2.05) is 13.0 Å². The Balaban J connectivity index is 2.21. The van der Waals surface area contributed by atoms with Crippen molar-refractivity contribution in [3.63, 3.8) is 0 Å². The molecule has 0 bridgehead atoms. The first-order valence-corrected chi connectivity index (χ1v) is 4.39. The molecule has 2 nitrogen and oxygen atoms in total. The van der Waals surface area contributed by atoms with Gasteiger partial charge in [0.15, 0.2) is 0 Å². The van der Waals surface area contributed by atoms with E-state index in [2.05, 4.69) is 25.2 Å². The number of aryl methyl sites for hydroxylation is 1. The van der Waals surface area contributed by atoms with Gasteiger partial charge in [-0.2, -0.15) is 0 Å². The summed E-state index contributed by atoms with van der Waals surface area (Å²) >= 11 is 0. The van der Waals surface area contributed by atoms with Crippen LogP contribution in [-0.2, 0) is 0 Å². The smallest absolute Gasteiger partial charge is 0.121 e. The molecule has 1 fully saturated rings. The van der Waals surface area contributed by atoms with Crippen molar-refractivity contribution in [1.82, 2.24) is 5.32 Å². The Hall–Kier alpha value is -0.760. The van der Waals surface area contributed by atoms with Crippen molar-refractivity contribution in [2.75, 3.05) is 6.54 Å². The highest BCUT2D eigenvalue weighted by atomic mass is 16.3. The summed E-state index contributed by atoms with van der Waals surface area (Å²) in [5.74, 6) is 2.07. The Kier molecular flexibility index (Phi) is 1.55. The fourth-order valence-electron chi connectivity index (χ4n) is 1.71. The predicted molar refractivity (Wildman–Crippen MR) is 48.0 cm³/mol. The summed E-state index contributed by atoms with van der Waals surface area (Å²) in [5.41, 5.74) is 0.351.